The van der Waals surface area contributed by atoms with E-state index in [1.165, 1.54) is 11.3 Å². The molecular formula is C10H13NO. The highest BCUT2D eigenvalue weighted by Gasteiger charge is 2.13. The van der Waals surface area contributed by atoms with Crippen LogP contribution in [0.5, 0.6) is 5.88 Å². The number of rotatable bonds is 1. The smallest absolute Gasteiger partial charge is 0.194 e. The Bertz CT molecular complexity index is 312. The average Bonchev–Trinajstić information content (AvgIpc) is 2.44. The predicted octanol–water partition coefficient (Wildman–Crippen LogP) is 2.22. The van der Waals surface area contributed by atoms with E-state index < -0.39 is 0 Å². The molecule has 0 atom stereocenters. The molecule has 64 valence electrons. The van der Waals surface area contributed by atoms with Crippen LogP contribution >= 0.6 is 0 Å². The van der Waals surface area contributed by atoms with Crippen LogP contribution in [0.4, 0.5) is 0 Å². The first kappa shape index (κ1) is 7.47. The summed E-state index contributed by atoms with van der Waals surface area (Å²) in [6, 6.07) is 2.06. The number of aromatic nitrogens is 1. The van der Waals surface area contributed by atoms with Crippen molar-refractivity contribution in [3.8, 4) is 5.88 Å². The highest BCUT2D eigenvalue weighted by molar-refractivity contribution is 5.53. The first-order chi connectivity index (χ1) is 5.83. The third kappa shape index (κ3) is 0.951. The molecule has 0 radical (unpaired) electrons. The SMILES string of the molecule is C=Cc1cc2n(c1C)CCCO2. The molecule has 2 heterocycles. The van der Waals surface area contributed by atoms with Crippen molar-refractivity contribution < 1.29 is 4.74 Å². The van der Waals surface area contributed by atoms with Crippen molar-refractivity contribution in [2.24, 2.45) is 0 Å². The van der Waals surface area contributed by atoms with Gasteiger partial charge in [0, 0.05) is 18.3 Å². The maximum Gasteiger partial charge on any atom is 0.194 e. The number of nitrogens with zero attached hydrogens (tertiary/aromatic N) is 1. The molecule has 0 saturated carbocycles. The molecule has 0 saturated heterocycles. The fourth-order valence-corrected chi connectivity index (χ4v) is 1.64. The Labute approximate surface area is 72.5 Å². The summed E-state index contributed by atoms with van der Waals surface area (Å²) in [6.45, 7) is 7.80. The van der Waals surface area contributed by atoms with Gasteiger partial charge in [0.05, 0.1) is 6.61 Å². The van der Waals surface area contributed by atoms with Gasteiger partial charge in [-0.15, -0.1) is 0 Å². The summed E-state index contributed by atoms with van der Waals surface area (Å²) in [6.07, 6.45) is 2.99. The van der Waals surface area contributed by atoms with Gasteiger partial charge in [-0.1, -0.05) is 12.7 Å². The van der Waals surface area contributed by atoms with Crippen molar-refractivity contribution in [2.75, 3.05) is 6.61 Å². The Morgan fingerprint density at radius 2 is 2.50 bits per heavy atom. The Morgan fingerprint density at radius 1 is 1.67 bits per heavy atom. The van der Waals surface area contributed by atoms with Gasteiger partial charge in [-0.25, -0.2) is 0 Å². The summed E-state index contributed by atoms with van der Waals surface area (Å²) in [5, 5.41) is 0. The lowest BCUT2D eigenvalue weighted by Gasteiger charge is -2.17. The maximum atomic E-state index is 5.50. The Kier molecular flexibility index (Phi) is 1.68. The third-order valence-corrected chi connectivity index (χ3v) is 2.36. The van der Waals surface area contributed by atoms with Crippen LogP contribution in [0, 0.1) is 6.92 Å². The zero-order valence-corrected chi connectivity index (χ0v) is 7.34. The lowest BCUT2D eigenvalue weighted by atomic mass is 10.2. The third-order valence-electron chi connectivity index (χ3n) is 2.36. The summed E-state index contributed by atoms with van der Waals surface area (Å²) in [7, 11) is 0. The second kappa shape index (κ2) is 2.70. The minimum atomic E-state index is 0.847. The van der Waals surface area contributed by atoms with Crippen LogP contribution in [0.15, 0.2) is 12.6 Å². The summed E-state index contributed by atoms with van der Waals surface area (Å²) < 4.78 is 7.71. The van der Waals surface area contributed by atoms with E-state index in [1.54, 1.807) is 0 Å². The monoisotopic (exact) mass is 163 g/mol. The normalized spacial score (nSPS) is 15.1. The minimum Gasteiger partial charge on any atom is -0.479 e. The second-order valence-corrected chi connectivity index (χ2v) is 3.08. The predicted molar refractivity (Wildman–Crippen MR) is 49.4 cm³/mol. The summed E-state index contributed by atoms with van der Waals surface area (Å²) >= 11 is 0. The quantitative estimate of drug-likeness (QED) is 0.619. The molecule has 2 heteroatoms. The summed E-state index contributed by atoms with van der Waals surface area (Å²) in [5.74, 6) is 0.994. The van der Waals surface area contributed by atoms with Gasteiger partial charge in [0.15, 0.2) is 5.88 Å². The first-order valence-corrected chi connectivity index (χ1v) is 4.28. The molecule has 0 fully saturated rings. The van der Waals surface area contributed by atoms with Crippen LogP contribution < -0.4 is 4.74 Å². The topological polar surface area (TPSA) is 14.2 Å². The van der Waals surface area contributed by atoms with Crippen molar-refractivity contribution in [2.45, 2.75) is 19.9 Å². The largest absolute Gasteiger partial charge is 0.479 e. The Hall–Kier alpha value is -1.18. The van der Waals surface area contributed by atoms with Gasteiger partial charge >= 0.3 is 0 Å². The molecule has 2 rings (SSSR count). The fraction of sp³-hybridized carbons (Fsp3) is 0.400. The molecule has 1 aliphatic heterocycles. The first-order valence-electron chi connectivity index (χ1n) is 4.28. The van der Waals surface area contributed by atoms with Gasteiger partial charge in [-0.3, -0.25) is 0 Å². The fourth-order valence-electron chi connectivity index (χ4n) is 1.64. The standard InChI is InChI=1S/C10H13NO/c1-3-9-7-10-11(8(9)2)5-4-6-12-10/h3,7H,1,4-6H2,2H3. The highest BCUT2D eigenvalue weighted by Crippen LogP contribution is 2.25. The Morgan fingerprint density at radius 3 is 3.17 bits per heavy atom. The number of ether oxygens (including phenoxy) is 1. The van der Waals surface area contributed by atoms with E-state index >= 15 is 0 Å². The molecular weight excluding hydrogens is 150 g/mol. The van der Waals surface area contributed by atoms with Gasteiger partial charge in [0.1, 0.15) is 0 Å². The van der Waals surface area contributed by atoms with Crippen LogP contribution in [0.3, 0.4) is 0 Å². The van der Waals surface area contributed by atoms with Crippen LogP contribution in [0.25, 0.3) is 6.08 Å². The lowest BCUT2D eigenvalue weighted by Crippen LogP contribution is -2.14. The number of fused-ring (bicyclic) bond motifs is 1. The van der Waals surface area contributed by atoms with Crippen molar-refractivity contribution in [3.05, 3.63) is 23.9 Å². The molecule has 1 aromatic rings. The van der Waals surface area contributed by atoms with E-state index in [4.69, 9.17) is 4.74 Å². The van der Waals surface area contributed by atoms with Crippen LogP contribution in [0.1, 0.15) is 17.7 Å². The van der Waals surface area contributed by atoms with Crippen molar-refractivity contribution in [1.29, 1.82) is 0 Å². The van der Waals surface area contributed by atoms with Crippen LogP contribution in [0.2, 0.25) is 0 Å². The molecule has 0 N–H and O–H groups in total. The Balaban J connectivity index is 2.51. The van der Waals surface area contributed by atoms with E-state index in [0.29, 0.717) is 0 Å². The van der Waals surface area contributed by atoms with E-state index in [1.807, 2.05) is 6.08 Å². The minimum absolute atomic E-state index is 0.847. The van der Waals surface area contributed by atoms with E-state index in [2.05, 4.69) is 24.1 Å². The molecule has 2 nitrogen and oxygen atoms in total. The molecule has 0 bridgehead atoms. The number of hydrogen-bond acceptors (Lipinski definition) is 1. The molecule has 12 heavy (non-hydrogen) atoms. The summed E-state index contributed by atoms with van der Waals surface area (Å²) in [4.78, 5) is 0. The van der Waals surface area contributed by atoms with E-state index in [-0.39, 0.29) is 0 Å². The molecule has 0 amide bonds. The van der Waals surface area contributed by atoms with E-state index in [9.17, 15) is 0 Å². The van der Waals surface area contributed by atoms with Crippen molar-refractivity contribution in [3.63, 3.8) is 0 Å². The summed E-state index contributed by atoms with van der Waals surface area (Å²) in [5.41, 5.74) is 2.45. The van der Waals surface area contributed by atoms with Gasteiger partial charge < -0.3 is 9.30 Å². The zero-order valence-electron chi connectivity index (χ0n) is 7.34. The molecule has 0 aromatic carbocycles. The van der Waals surface area contributed by atoms with Crippen LogP contribution in [-0.4, -0.2) is 11.2 Å². The van der Waals surface area contributed by atoms with Gasteiger partial charge in [-0.05, 0) is 18.9 Å². The van der Waals surface area contributed by atoms with Crippen molar-refractivity contribution in [1.82, 2.24) is 4.57 Å². The van der Waals surface area contributed by atoms with Gasteiger partial charge in [-0.2, -0.15) is 0 Å². The molecule has 0 spiro atoms. The molecule has 0 unspecified atom stereocenters. The maximum absolute atomic E-state index is 5.50. The molecule has 1 aliphatic rings. The highest BCUT2D eigenvalue weighted by atomic mass is 16.5. The van der Waals surface area contributed by atoms with Gasteiger partial charge in [0.2, 0.25) is 0 Å². The van der Waals surface area contributed by atoms with Crippen LogP contribution in [-0.2, 0) is 6.54 Å². The second-order valence-electron chi connectivity index (χ2n) is 3.08. The van der Waals surface area contributed by atoms with Crippen molar-refractivity contribution >= 4 is 6.08 Å². The lowest BCUT2D eigenvalue weighted by molar-refractivity contribution is 0.240. The zero-order chi connectivity index (χ0) is 8.55. The molecule has 1 aromatic heterocycles. The average molecular weight is 163 g/mol. The van der Waals surface area contributed by atoms with Gasteiger partial charge in [0.25, 0.3) is 0 Å². The van der Waals surface area contributed by atoms with E-state index in [0.717, 1.165) is 25.5 Å². The molecule has 0 aliphatic carbocycles. The number of hydrogen-bond donors (Lipinski definition) is 0.